The monoisotopic (exact) mass is 490 g/mol. The van der Waals surface area contributed by atoms with Crippen molar-refractivity contribution in [2.75, 3.05) is 26.7 Å². The molecule has 1 aliphatic rings. The van der Waals surface area contributed by atoms with Gasteiger partial charge in [-0.1, -0.05) is 44.2 Å². The molecule has 0 unspecified atom stereocenters. The third kappa shape index (κ3) is 7.06. The Labute approximate surface area is 208 Å². The number of aliphatic carboxylic acids is 1. The number of nitrogens with zero attached hydrogens (tertiary/aromatic N) is 2. The van der Waals surface area contributed by atoms with E-state index < -0.39 is 12.1 Å². The third-order valence-corrected chi connectivity index (χ3v) is 7.67. The van der Waals surface area contributed by atoms with E-state index in [1.54, 1.807) is 13.3 Å². The summed E-state index contributed by atoms with van der Waals surface area (Å²) in [7, 11) is 1.60. The zero-order chi connectivity index (χ0) is 24.6. The first-order valence-corrected chi connectivity index (χ1v) is 13.0. The first kappa shape index (κ1) is 26.7. The Balaban J connectivity index is 1.66. The Bertz CT molecular complexity index is 944. The first-order chi connectivity index (χ1) is 16.4. The van der Waals surface area contributed by atoms with E-state index in [9.17, 15) is 15.0 Å². The minimum absolute atomic E-state index is 0.142. The molecular formula is C27H39ClN2O4. The number of carboxylic acid groups (broad SMARTS) is 1. The normalized spacial score (nSPS) is 17.1. The van der Waals surface area contributed by atoms with Crippen molar-refractivity contribution in [2.45, 2.75) is 77.2 Å². The van der Waals surface area contributed by atoms with Crippen molar-refractivity contribution in [3.63, 3.8) is 0 Å². The van der Waals surface area contributed by atoms with E-state index in [-0.39, 0.29) is 11.8 Å². The number of pyridine rings is 1. The molecule has 0 bridgehead atoms. The molecule has 1 aliphatic heterocycles. The highest BCUT2D eigenvalue weighted by molar-refractivity contribution is 6.32. The topological polar surface area (TPSA) is 82.9 Å². The SMILES string of the molecule is CCCCCCCN1CCC(CC[C@H](O)c2c(Cl)cnc3ccc(OC)cc23)(CC(=O)O)CC1. The van der Waals surface area contributed by atoms with Crippen molar-refractivity contribution in [1.82, 2.24) is 9.88 Å². The number of likely N-dealkylation sites (tertiary alicyclic amines) is 1. The second kappa shape index (κ2) is 12.7. The first-order valence-electron chi connectivity index (χ1n) is 12.6. The number of aromatic nitrogens is 1. The minimum Gasteiger partial charge on any atom is -0.497 e. The zero-order valence-electron chi connectivity index (χ0n) is 20.6. The highest BCUT2D eigenvalue weighted by atomic mass is 35.5. The minimum atomic E-state index is -0.799. The summed E-state index contributed by atoms with van der Waals surface area (Å²) in [6.45, 7) is 5.17. The predicted molar refractivity (Wildman–Crippen MR) is 137 cm³/mol. The van der Waals surface area contributed by atoms with Crippen LogP contribution in [0.1, 0.15) is 82.8 Å². The Morgan fingerprint density at radius 3 is 2.65 bits per heavy atom. The van der Waals surface area contributed by atoms with Crippen LogP contribution in [-0.2, 0) is 4.79 Å². The summed E-state index contributed by atoms with van der Waals surface area (Å²) in [4.78, 5) is 18.6. The molecule has 0 amide bonds. The number of halogens is 1. The summed E-state index contributed by atoms with van der Waals surface area (Å²) in [5.41, 5.74) is 1.09. The second-order valence-electron chi connectivity index (χ2n) is 9.78. The van der Waals surface area contributed by atoms with Gasteiger partial charge in [0.1, 0.15) is 5.75 Å². The molecule has 2 N–H and O–H groups in total. The van der Waals surface area contributed by atoms with Crippen molar-refractivity contribution in [1.29, 1.82) is 0 Å². The molecule has 0 spiro atoms. The zero-order valence-corrected chi connectivity index (χ0v) is 21.3. The van der Waals surface area contributed by atoms with E-state index >= 15 is 0 Å². The maximum Gasteiger partial charge on any atom is 0.303 e. The van der Waals surface area contributed by atoms with Crippen LogP contribution >= 0.6 is 11.6 Å². The van der Waals surface area contributed by atoms with Crippen molar-refractivity contribution >= 4 is 28.5 Å². The number of piperidine rings is 1. The number of aliphatic hydroxyl groups is 1. The molecule has 1 aromatic heterocycles. The molecule has 188 valence electrons. The fourth-order valence-electron chi connectivity index (χ4n) is 5.25. The van der Waals surface area contributed by atoms with Gasteiger partial charge >= 0.3 is 5.97 Å². The number of hydrogen-bond donors (Lipinski definition) is 2. The molecule has 3 rings (SSSR count). The number of methoxy groups -OCH3 is 1. The molecule has 34 heavy (non-hydrogen) atoms. The van der Waals surface area contributed by atoms with Gasteiger partial charge in [0.15, 0.2) is 0 Å². The molecule has 1 fully saturated rings. The number of carboxylic acids is 1. The standard InChI is InChI=1S/C27H39ClN2O4/c1-3-4-5-6-7-14-30-15-12-27(13-16-30,18-25(32)33)11-10-24(31)26-21-17-20(34-2)8-9-23(21)29-19-22(26)28/h8-9,17,19,24,31H,3-7,10-16,18H2,1-2H3,(H,32,33)/t24-/m0/s1. The fraction of sp³-hybridized carbons (Fsp3) is 0.630. The van der Waals surface area contributed by atoms with Gasteiger partial charge in [-0.05, 0) is 75.4 Å². The Morgan fingerprint density at radius 1 is 1.24 bits per heavy atom. The lowest BCUT2D eigenvalue weighted by Crippen LogP contribution is -2.41. The molecule has 0 aliphatic carbocycles. The second-order valence-corrected chi connectivity index (χ2v) is 10.2. The largest absolute Gasteiger partial charge is 0.497 e. The highest BCUT2D eigenvalue weighted by Crippen LogP contribution is 2.43. The van der Waals surface area contributed by atoms with Gasteiger partial charge in [-0.3, -0.25) is 9.78 Å². The maximum absolute atomic E-state index is 11.7. The van der Waals surface area contributed by atoms with Crippen LogP contribution in [0.5, 0.6) is 5.75 Å². The number of unbranched alkanes of at least 4 members (excludes halogenated alkanes) is 4. The number of hydrogen-bond acceptors (Lipinski definition) is 5. The molecule has 7 heteroatoms. The van der Waals surface area contributed by atoms with Crippen molar-refractivity contribution in [2.24, 2.45) is 5.41 Å². The van der Waals surface area contributed by atoms with E-state index in [0.29, 0.717) is 29.2 Å². The van der Waals surface area contributed by atoms with E-state index in [1.165, 1.54) is 32.1 Å². The van der Waals surface area contributed by atoms with Crippen LogP contribution in [0.15, 0.2) is 24.4 Å². The van der Waals surface area contributed by atoms with E-state index in [1.807, 2.05) is 18.2 Å². The summed E-state index contributed by atoms with van der Waals surface area (Å²) in [6, 6.07) is 5.53. The van der Waals surface area contributed by atoms with Gasteiger partial charge in [0.05, 0.1) is 30.2 Å². The van der Waals surface area contributed by atoms with Crippen LogP contribution in [0, 0.1) is 5.41 Å². The summed E-state index contributed by atoms with van der Waals surface area (Å²) < 4.78 is 5.35. The lowest BCUT2D eigenvalue weighted by atomic mass is 9.71. The fourth-order valence-corrected chi connectivity index (χ4v) is 5.52. The number of aliphatic hydroxyl groups excluding tert-OH is 1. The van der Waals surface area contributed by atoms with Crippen molar-refractivity contribution < 1.29 is 19.7 Å². The molecule has 1 atom stereocenters. The average molecular weight is 491 g/mol. The van der Waals surface area contributed by atoms with Crippen LogP contribution in [0.3, 0.4) is 0 Å². The maximum atomic E-state index is 11.7. The van der Waals surface area contributed by atoms with Gasteiger partial charge < -0.3 is 19.8 Å². The van der Waals surface area contributed by atoms with Gasteiger partial charge in [-0.2, -0.15) is 0 Å². The van der Waals surface area contributed by atoms with Crippen LogP contribution in [-0.4, -0.2) is 52.8 Å². The lowest BCUT2D eigenvalue weighted by Gasteiger charge is -2.41. The molecule has 1 saturated heterocycles. The summed E-state index contributed by atoms with van der Waals surface area (Å²) in [5.74, 6) is -0.0888. The smallest absolute Gasteiger partial charge is 0.303 e. The summed E-state index contributed by atoms with van der Waals surface area (Å²) in [6.07, 6.45) is 10.0. The number of benzene rings is 1. The Hall–Kier alpha value is -1.89. The molecule has 6 nitrogen and oxygen atoms in total. The highest BCUT2D eigenvalue weighted by Gasteiger charge is 2.37. The van der Waals surface area contributed by atoms with Crippen LogP contribution < -0.4 is 4.74 Å². The van der Waals surface area contributed by atoms with Gasteiger partial charge in [-0.25, -0.2) is 0 Å². The van der Waals surface area contributed by atoms with E-state index in [4.69, 9.17) is 16.3 Å². The lowest BCUT2D eigenvalue weighted by molar-refractivity contribution is -0.141. The third-order valence-electron chi connectivity index (χ3n) is 7.37. The number of ether oxygens (including phenoxy) is 1. The average Bonchev–Trinajstić information content (AvgIpc) is 2.83. The Kier molecular flexibility index (Phi) is 9.98. The molecule has 2 heterocycles. The van der Waals surface area contributed by atoms with Crippen molar-refractivity contribution in [3.05, 3.63) is 35.0 Å². The van der Waals surface area contributed by atoms with Gasteiger partial charge in [0.2, 0.25) is 0 Å². The van der Waals surface area contributed by atoms with E-state index in [0.717, 1.165) is 43.4 Å². The predicted octanol–water partition coefficient (Wildman–Crippen LogP) is 6.24. The van der Waals surface area contributed by atoms with Gasteiger partial charge in [0, 0.05) is 17.1 Å². The molecule has 0 saturated carbocycles. The molecule has 1 aromatic carbocycles. The van der Waals surface area contributed by atoms with Gasteiger partial charge in [0.25, 0.3) is 0 Å². The molecule has 0 radical (unpaired) electrons. The molecule has 2 aromatic rings. The quantitative estimate of drug-likeness (QED) is 0.323. The number of fused-ring (bicyclic) bond motifs is 1. The van der Waals surface area contributed by atoms with Crippen LogP contribution in [0.25, 0.3) is 10.9 Å². The van der Waals surface area contributed by atoms with Crippen LogP contribution in [0.2, 0.25) is 5.02 Å². The Morgan fingerprint density at radius 2 is 1.97 bits per heavy atom. The van der Waals surface area contributed by atoms with Crippen LogP contribution in [0.4, 0.5) is 0 Å². The number of rotatable bonds is 13. The summed E-state index contributed by atoms with van der Waals surface area (Å²) >= 11 is 6.47. The van der Waals surface area contributed by atoms with Gasteiger partial charge in [-0.15, -0.1) is 0 Å². The number of carbonyl (C=O) groups is 1. The van der Waals surface area contributed by atoms with Crippen molar-refractivity contribution in [3.8, 4) is 5.75 Å². The van der Waals surface area contributed by atoms with E-state index in [2.05, 4.69) is 16.8 Å². The summed E-state index contributed by atoms with van der Waals surface area (Å²) in [5, 5.41) is 22.0. The molecular weight excluding hydrogens is 452 g/mol.